The first-order valence-electron chi connectivity index (χ1n) is 4.30. The molecule has 13 heavy (non-hydrogen) atoms. The van der Waals surface area contributed by atoms with Gasteiger partial charge in [0.25, 0.3) is 0 Å². The number of hydrogen-bond donors (Lipinski definition) is 1. The number of hydrogen-bond acceptors (Lipinski definition) is 1. The monoisotopic (exact) mass is 240 g/mol. The summed E-state index contributed by atoms with van der Waals surface area (Å²) < 4.78 is 1.01. The summed E-state index contributed by atoms with van der Waals surface area (Å²) in [6, 6.07) is 3.87. The number of phenolic OH excluding ortho intramolecular Hbond substituents is 1. The number of aryl methyl sites for hydroxylation is 1. The Kier molecular flexibility index (Phi) is 3.55. The minimum atomic E-state index is 0.408. The van der Waals surface area contributed by atoms with Gasteiger partial charge in [0.15, 0.2) is 0 Å². The molecule has 0 saturated heterocycles. The zero-order chi connectivity index (χ0) is 9.84. The second kappa shape index (κ2) is 4.47. The van der Waals surface area contributed by atoms with Gasteiger partial charge < -0.3 is 5.11 Å². The molecule has 0 aromatic heterocycles. The van der Waals surface area contributed by atoms with Gasteiger partial charge in [-0.2, -0.15) is 0 Å². The van der Waals surface area contributed by atoms with Crippen LogP contribution in [0.15, 0.2) is 29.3 Å². The average Bonchev–Trinajstić information content (AvgIpc) is 2.11. The van der Waals surface area contributed by atoms with E-state index in [-0.39, 0.29) is 0 Å². The Morgan fingerprint density at radius 2 is 2.08 bits per heavy atom. The molecule has 0 aliphatic rings. The Morgan fingerprint density at radius 1 is 1.46 bits per heavy atom. The summed E-state index contributed by atoms with van der Waals surface area (Å²) in [5.41, 5.74) is 1.91. The molecule has 0 amide bonds. The Labute approximate surface area is 87.2 Å². The summed E-state index contributed by atoms with van der Waals surface area (Å²) in [5, 5.41) is 9.78. The summed E-state index contributed by atoms with van der Waals surface area (Å²) in [6.07, 6.45) is 3.34. The Hall–Kier alpha value is -0.760. The maximum absolute atomic E-state index is 9.78. The van der Waals surface area contributed by atoms with E-state index in [0.29, 0.717) is 12.2 Å². The molecule has 70 valence electrons. The molecule has 0 aliphatic heterocycles. The van der Waals surface area contributed by atoms with E-state index in [2.05, 4.69) is 22.5 Å². The van der Waals surface area contributed by atoms with Crippen LogP contribution < -0.4 is 0 Å². The molecular weight excluding hydrogens is 228 g/mol. The maximum Gasteiger partial charge on any atom is 0.122 e. The van der Waals surface area contributed by atoms with Crippen LogP contribution >= 0.6 is 15.9 Å². The van der Waals surface area contributed by atoms with Crippen molar-refractivity contribution in [2.75, 3.05) is 0 Å². The molecule has 0 spiro atoms. The Bertz CT molecular complexity index is 318. The van der Waals surface area contributed by atoms with E-state index in [9.17, 15) is 5.11 Å². The molecule has 1 nitrogen and oxygen atoms in total. The van der Waals surface area contributed by atoms with E-state index in [1.807, 2.05) is 19.1 Å². The van der Waals surface area contributed by atoms with Crippen molar-refractivity contribution < 1.29 is 5.11 Å². The predicted molar refractivity (Wildman–Crippen MR) is 59.1 cm³/mol. The molecule has 0 heterocycles. The third-order valence-corrected chi connectivity index (χ3v) is 2.44. The number of halogens is 1. The van der Waals surface area contributed by atoms with Crippen LogP contribution in [0.25, 0.3) is 0 Å². The highest BCUT2D eigenvalue weighted by Crippen LogP contribution is 2.28. The lowest BCUT2D eigenvalue weighted by molar-refractivity contribution is 0.463. The summed E-state index contributed by atoms with van der Waals surface area (Å²) >= 11 is 3.41. The molecule has 1 aromatic rings. The van der Waals surface area contributed by atoms with Gasteiger partial charge in [0.2, 0.25) is 0 Å². The van der Waals surface area contributed by atoms with Crippen LogP contribution in [0, 0.1) is 0 Å². The fourth-order valence-electron chi connectivity index (χ4n) is 1.30. The lowest BCUT2D eigenvalue weighted by Crippen LogP contribution is -1.89. The van der Waals surface area contributed by atoms with Crippen molar-refractivity contribution in [1.29, 1.82) is 0 Å². The van der Waals surface area contributed by atoms with E-state index >= 15 is 0 Å². The van der Waals surface area contributed by atoms with Crippen molar-refractivity contribution in [2.45, 2.75) is 19.8 Å². The second-order valence-corrected chi connectivity index (χ2v) is 3.83. The summed E-state index contributed by atoms with van der Waals surface area (Å²) in [7, 11) is 0. The van der Waals surface area contributed by atoms with Crippen molar-refractivity contribution in [3.8, 4) is 5.75 Å². The van der Waals surface area contributed by atoms with Gasteiger partial charge in [-0.25, -0.2) is 0 Å². The first-order chi connectivity index (χ1) is 6.19. The number of allylic oxidation sites excluding steroid dienone is 1. The minimum absolute atomic E-state index is 0.408. The molecule has 1 rings (SSSR count). The molecular formula is C11H13BrO. The largest absolute Gasteiger partial charge is 0.507 e. The first-order valence-corrected chi connectivity index (χ1v) is 5.09. The van der Waals surface area contributed by atoms with E-state index < -0.39 is 0 Å². The van der Waals surface area contributed by atoms with Crippen molar-refractivity contribution in [2.24, 2.45) is 0 Å². The van der Waals surface area contributed by atoms with E-state index in [0.717, 1.165) is 22.0 Å². The second-order valence-electron chi connectivity index (χ2n) is 2.92. The fourth-order valence-corrected chi connectivity index (χ4v) is 1.85. The topological polar surface area (TPSA) is 20.2 Å². The number of rotatable bonds is 3. The normalized spacial score (nSPS) is 10.0. The highest BCUT2D eigenvalue weighted by atomic mass is 79.9. The molecule has 0 saturated carbocycles. The van der Waals surface area contributed by atoms with Crippen molar-refractivity contribution >= 4 is 15.9 Å². The highest BCUT2D eigenvalue weighted by Gasteiger charge is 2.06. The lowest BCUT2D eigenvalue weighted by atomic mass is 10.0. The Balaban J connectivity index is 3.18. The van der Waals surface area contributed by atoms with Gasteiger partial charge in [-0.1, -0.05) is 28.9 Å². The van der Waals surface area contributed by atoms with Crippen LogP contribution in [0.2, 0.25) is 0 Å². The van der Waals surface area contributed by atoms with Crippen LogP contribution in [0.4, 0.5) is 0 Å². The predicted octanol–water partition coefficient (Wildman–Crippen LogP) is 3.45. The zero-order valence-electron chi connectivity index (χ0n) is 7.68. The molecule has 0 fully saturated rings. The molecule has 0 aliphatic carbocycles. The van der Waals surface area contributed by atoms with Gasteiger partial charge >= 0.3 is 0 Å². The highest BCUT2D eigenvalue weighted by molar-refractivity contribution is 9.10. The van der Waals surface area contributed by atoms with Gasteiger partial charge in [0, 0.05) is 4.47 Å². The van der Waals surface area contributed by atoms with Gasteiger partial charge in [0.1, 0.15) is 5.75 Å². The fraction of sp³-hybridized carbons (Fsp3) is 0.273. The van der Waals surface area contributed by atoms with Gasteiger partial charge in [0.05, 0.1) is 0 Å². The number of aromatic hydroxyl groups is 1. The van der Waals surface area contributed by atoms with E-state index in [1.54, 1.807) is 6.08 Å². The van der Waals surface area contributed by atoms with E-state index in [4.69, 9.17) is 0 Å². The molecule has 0 radical (unpaired) electrons. The first kappa shape index (κ1) is 10.3. The van der Waals surface area contributed by atoms with Crippen molar-refractivity contribution in [1.82, 2.24) is 0 Å². The minimum Gasteiger partial charge on any atom is -0.507 e. The Morgan fingerprint density at radius 3 is 2.62 bits per heavy atom. The SMILES string of the molecule is C=CCc1cc(Br)cc(CC)c1O. The number of phenols is 1. The zero-order valence-corrected chi connectivity index (χ0v) is 9.26. The molecule has 2 heteroatoms. The molecule has 1 aromatic carbocycles. The number of benzene rings is 1. The van der Waals surface area contributed by atoms with Crippen LogP contribution in [0.1, 0.15) is 18.1 Å². The molecule has 0 atom stereocenters. The van der Waals surface area contributed by atoms with Gasteiger partial charge in [-0.3, -0.25) is 0 Å². The van der Waals surface area contributed by atoms with Crippen LogP contribution in [-0.4, -0.2) is 5.11 Å². The van der Waals surface area contributed by atoms with Crippen LogP contribution in [-0.2, 0) is 12.8 Å². The smallest absolute Gasteiger partial charge is 0.122 e. The maximum atomic E-state index is 9.78. The average molecular weight is 241 g/mol. The van der Waals surface area contributed by atoms with E-state index in [1.165, 1.54) is 0 Å². The summed E-state index contributed by atoms with van der Waals surface area (Å²) in [5.74, 6) is 0.408. The van der Waals surface area contributed by atoms with Crippen LogP contribution in [0.5, 0.6) is 5.75 Å². The summed E-state index contributed by atoms with van der Waals surface area (Å²) in [6.45, 7) is 5.68. The third kappa shape index (κ3) is 2.34. The van der Waals surface area contributed by atoms with Gasteiger partial charge in [-0.05, 0) is 36.1 Å². The van der Waals surface area contributed by atoms with Crippen molar-refractivity contribution in [3.63, 3.8) is 0 Å². The lowest BCUT2D eigenvalue weighted by Gasteiger charge is -2.07. The standard InChI is InChI=1S/C11H13BrO/c1-3-5-9-7-10(12)6-8(4-2)11(9)13/h3,6-7,13H,1,4-5H2,2H3. The van der Waals surface area contributed by atoms with Crippen molar-refractivity contribution in [3.05, 3.63) is 40.4 Å². The molecule has 1 N–H and O–H groups in total. The van der Waals surface area contributed by atoms with Crippen LogP contribution in [0.3, 0.4) is 0 Å². The van der Waals surface area contributed by atoms with Gasteiger partial charge in [-0.15, -0.1) is 6.58 Å². The summed E-state index contributed by atoms with van der Waals surface area (Å²) in [4.78, 5) is 0. The molecule has 0 bridgehead atoms. The third-order valence-electron chi connectivity index (χ3n) is 1.98. The molecule has 0 unspecified atom stereocenters. The quantitative estimate of drug-likeness (QED) is 0.803.